The zero-order valence-corrected chi connectivity index (χ0v) is 20.5. The number of pyridine rings is 1. The second-order valence-corrected chi connectivity index (χ2v) is 9.05. The van der Waals surface area contributed by atoms with E-state index in [0.29, 0.717) is 23.3 Å². The first-order chi connectivity index (χ1) is 17.4. The number of esters is 1. The van der Waals surface area contributed by atoms with Crippen LogP contribution in [0.3, 0.4) is 0 Å². The van der Waals surface area contributed by atoms with Crippen molar-refractivity contribution < 1.29 is 23.6 Å². The summed E-state index contributed by atoms with van der Waals surface area (Å²) in [6.45, 7) is 3.84. The maximum atomic E-state index is 13.2. The van der Waals surface area contributed by atoms with Gasteiger partial charge < -0.3 is 18.9 Å². The average molecular weight is 486 g/mol. The third-order valence-electron chi connectivity index (χ3n) is 6.33. The molecule has 1 saturated carbocycles. The number of fused-ring (bicyclic) bond motifs is 1. The molecule has 2 aromatic carbocycles. The fraction of sp³-hybridized carbons (Fsp3) is 0.286. The van der Waals surface area contributed by atoms with E-state index < -0.39 is 5.97 Å². The van der Waals surface area contributed by atoms with Crippen molar-refractivity contribution in [3.05, 3.63) is 77.0 Å². The molecule has 2 aromatic heterocycles. The number of hydrogen-bond acceptors (Lipinski definition) is 7. The SMILES string of the molecule is COc1ccc(CN(C(=O)COC(=O)c2cc(-c3ccc(C)cc3)nc3onc(C)c23)C2CC2)cc1. The van der Waals surface area contributed by atoms with E-state index >= 15 is 0 Å². The van der Waals surface area contributed by atoms with E-state index in [1.54, 1.807) is 25.0 Å². The van der Waals surface area contributed by atoms with Gasteiger partial charge in [0.05, 0.1) is 29.4 Å². The highest BCUT2D eigenvalue weighted by atomic mass is 16.5. The van der Waals surface area contributed by atoms with Crippen molar-refractivity contribution in [2.24, 2.45) is 0 Å². The van der Waals surface area contributed by atoms with Gasteiger partial charge in [0.1, 0.15) is 5.75 Å². The molecule has 184 valence electrons. The highest BCUT2D eigenvalue weighted by Crippen LogP contribution is 2.30. The van der Waals surface area contributed by atoms with Crippen LogP contribution in [-0.2, 0) is 16.1 Å². The van der Waals surface area contributed by atoms with Gasteiger partial charge in [0, 0.05) is 18.2 Å². The highest BCUT2D eigenvalue weighted by Gasteiger charge is 2.33. The van der Waals surface area contributed by atoms with Crippen molar-refractivity contribution in [3.63, 3.8) is 0 Å². The molecule has 4 aromatic rings. The summed E-state index contributed by atoms with van der Waals surface area (Å²) in [5.41, 5.74) is 4.56. The van der Waals surface area contributed by atoms with Gasteiger partial charge in [-0.15, -0.1) is 0 Å². The zero-order valence-electron chi connectivity index (χ0n) is 20.5. The lowest BCUT2D eigenvalue weighted by atomic mass is 10.0. The molecule has 2 heterocycles. The van der Waals surface area contributed by atoms with E-state index in [9.17, 15) is 9.59 Å². The molecule has 8 heteroatoms. The standard InChI is InChI=1S/C28H27N3O5/c1-17-4-8-20(9-5-17)24-14-23(26-18(2)30-36-27(26)29-24)28(33)35-16-25(32)31(21-10-11-21)15-19-6-12-22(34-3)13-7-19/h4-9,12-14,21H,10-11,15-16H2,1-3H3. The molecule has 1 aliphatic rings. The number of aryl methyl sites for hydroxylation is 2. The molecular weight excluding hydrogens is 458 g/mol. The number of aromatic nitrogens is 2. The van der Waals surface area contributed by atoms with Crippen molar-refractivity contribution in [1.82, 2.24) is 15.0 Å². The Kier molecular flexibility index (Phi) is 6.41. The van der Waals surface area contributed by atoms with Crippen LogP contribution in [0.5, 0.6) is 5.75 Å². The van der Waals surface area contributed by atoms with E-state index in [4.69, 9.17) is 14.0 Å². The molecule has 36 heavy (non-hydrogen) atoms. The number of amides is 1. The summed E-state index contributed by atoms with van der Waals surface area (Å²) in [6, 6.07) is 17.2. The molecule has 0 bridgehead atoms. The first-order valence-corrected chi connectivity index (χ1v) is 11.9. The predicted molar refractivity (Wildman–Crippen MR) is 134 cm³/mol. The minimum Gasteiger partial charge on any atom is -0.497 e. The van der Waals surface area contributed by atoms with Crippen LogP contribution in [0.1, 0.15) is 40.0 Å². The molecule has 0 spiro atoms. The number of methoxy groups -OCH3 is 1. The summed E-state index contributed by atoms with van der Waals surface area (Å²) in [5.74, 6) is -0.0851. The van der Waals surface area contributed by atoms with Gasteiger partial charge in [0.15, 0.2) is 6.61 Å². The van der Waals surface area contributed by atoms with Gasteiger partial charge in [0.25, 0.3) is 11.6 Å². The van der Waals surface area contributed by atoms with Crippen LogP contribution in [0, 0.1) is 13.8 Å². The number of benzene rings is 2. The molecule has 0 aliphatic heterocycles. The molecular formula is C28H27N3O5. The average Bonchev–Trinajstić information content (AvgIpc) is 3.67. The normalized spacial score (nSPS) is 13.0. The van der Waals surface area contributed by atoms with Gasteiger partial charge in [-0.05, 0) is 50.5 Å². The number of nitrogens with zero attached hydrogens (tertiary/aromatic N) is 3. The van der Waals surface area contributed by atoms with E-state index in [0.717, 1.165) is 35.3 Å². The van der Waals surface area contributed by atoms with Crippen LogP contribution < -0.4 is 4.74 Å². The van der Waals surface area contributed by atoms with Crippen LogP contribution in [-0.4, -0.2) is 46.7 Å². The lowest BCUT2D eigenvalue weighted by molar-refractivity contribution is -0.135. The van der Waals surface area contributed by atoms with Gasteiger partial charge in [-0.1, -0.05) is 47.1 Å². The van der Waals surface area contributed by atoms with Crippen LogP contribution >= 0.6 is 0 Å². The van der Waals surface area contributed by atoms with Crippen molar-refractivity contribution in [3.8, 4) is 17.0 Å². The van der Waals surface area contributed by atoms with Gasteiger partial charge >= 0.3 is 5.97 Å². The summed E-state index contributed by atoms with van der Waals surface area (Å²) < 4.78 is 16.1. The molecule has 0 unspecified atom stereocenters. The lowest BCUT2D eigenvalue weighted by Crippen LogP contribution is -2.36. The first kappa shape index (κ1) is 23.5. The number of rotatable bonds is 8. The summed E-state index contributed by atoms with van der Waals surface area (Å²) >= 11 is 0. The van der Waals surface area contributed by atoms with E-state index in [-0.39, 0.29) is 29.8 Å². The molecule has 5 rings (SSSR count). The monoisotopic (exact) mass is 485 g/mol. The molecule has 0 radical (unpaired) electrons. The van der Waals surface area contributed by atoms with Crippen LogP contribution in [0.15, 0.2) is 59.1 Å². The van der Waals surface area contributed by atoms with Crippen molar-refractivity contribution in [1.29, 1.82) is 0 Å². The summed E-state index contributed by atoms with van der Waals surface area (Å²) in [4.78, 5) is 32.6. The third kappa shape index (κ3) is 4.93. The second-order valence-electron chi connectivity index (χ2n) is 9.05. The van der Waals surface area contributed by atoms with Crippen molar-refractivity contribution in [2.45, 2.75) is 39.3 Å². The summed E-state index contributed by atoms with van der Waals surface area (Å²) in [6.07, 6.45) is 1.89. The second kappa shape index (κ2) is 9.81. The fourth-order valence-corrected chi connectivity index (χ4v) is 4.15. The Hall–Kier alpha value is -4.20. The van der Waals surface area contributed by atoms with E-state index in [1.165, 1.54) is 0 Å². The van der Waals surface area contributed by atoms with Crippen molar-refractivity contribution in [2.75, 3.05) is 13.7 Å². The number of carbonyl (C=O) groups is 2. The number of ether oxygens (including phenoxy) is 2. The van der Waals surface area contributed by atoms with Crippen molar-refractivity contribution >= 4 is 23.0 Å². The minimum atomic E-state index is -0.615. The van der Waals surface area contributed by atoms with E-state index in [1.807, 2.05) is 55.5 Å². The van der Waals surface area contributed by atoms with E-state index in [2.05, 4.69) is 10.1 Å². The molecule has 1 amide bonds. The Morgan fingerprint density at radius 1 is 1.06 bits per heavy atom. The predicted octanol–water partition coefficient (Wildman–Crippen LogP) is 4.86. The van der Waals surface area contributed by atoms with Crippen LogP contribution in [0.25, 0.3) is 22.4 Å². The molecule has 1 fully saturated rings. The lowest BCUT2D eigenvalue weighted by Gasteiger charge is -2.22. The van der Waals surface area contributed by atoms with Gasteiger partial charge in [0.2, 0.25) is 0 Å². The smallest absolute Gasteiger partial charge is 0.339 e. The topological polar surface area (TPSA) is 94.8 Å². The quantitative estimate of drug-likeness (QED) is 0.329. The highest BCUT2D eigenvalue weighted by molar-refractivity contribution is 6.04. The van der Waals surface area contributed by atoms with Gasteiger partial charge in [-0.3, -0.25) is 4.79 Å². The third-order valence-corrected chi connectivity index (χ3v) is 6.33. The maximum absolute atomic E-state index is 13.2. The van der Waals surface area contributed by atoms with Gasteiger partial charge in [-0.2, -0.15) is 0 Å². The van der Waals surface area contributed by atoms with Crippen LogP contribution in [0.2, 0.25) is 0 Å². The number of hydrogen-bond donors (Lipinski definition) is 0. The Morgan fingerprint density at radius 2 is 1.78 bits per heavy atom. The summed E-state index contributed by atoms with van der Waals surface area (Å²) in [5, 5.41) is 4.46. The largest absolute Gasteiger partial charge is 0.497 e. The minimum absolute atomic E-state index is 0.166. The molecule has 0 saturated heterocycles. The Balaban J connectivity index is 1.34. The molecule has 1 aliphatic carbocycles. The zero-order chi connectivity index (χ0) is 25.2. The van der Waals surface area contributed by atoms with Gasteiger partial charge in [-0.25, -0.2) is 9.78 Å². The Bertz CT molecular complexity index is 1410. The van der Waals surface area contributed by atoms with Crippen LogP contribution in [0.4, 0.5) is 0 Å². The molecule has 0 N–H and O–H groups in total. The first-order valence-electron chi connectivity index (χ1n) is 11.9. The number of carbonyl (C=O) groups excluding carboxylic acids is 2. The molecule has 0 atom stereocenters. The molecule has 8 nitrogen and oxygen atoms in total. The Morgan fingerprint density at radius 3 is 2.44 bits per heavy atom. The Labute approximate surface area is 208 Å². The fourth-order valence-electron chi connectivity index (χ4n) is 4.15. The summed E-state index contributed by atoms with van der Waals surface area (Å²) in [7, 11) is 1.62. The maximum Gasteiger partial charge on any atom is 0.339 e.